The Morgan fingerprint density at radius 2 is 1.96 bits per heavy atom. The molecule has 8 heteroatoms. The van der Waals surface area contributed by atoms with Crippen LogP contribution in [0.15, 0.2) is 57.1 Å². The third kappa shape index (κ3) is 3.15. The molecule has 0 aliphatic heterocycles. The van der Waals surface area contributed by atoms with Gasteiger partial charge < -0.3 is 0 Å². The summed E-state index contributed by atoms with van der Waals surface area (Å²) in [5.41, 5.74) is 1.22. The van der Waals surface area contributed by atoms with Crippen LogP contribution in [0.2, 0.25) is 0 Å². The minimum atomic E-state index is -3.74. The Morgan fingerprint density at radius 1 is 1.17 bits per heavy atom. The zero-order valence-corrected chi connectivity index (χ0v) is 14.9. The summed E-state index contributed by atoms with van der Waals surface area (Å²) >= 11 is 2.59. The predicted molar refractivity (Wildman–Crippen MR) is 96.1 cm³/mol. The third-order valence-corrected chi connectivity index (χ3v) is 6.34. The molecule has 1 heterocycles. The van der Waals surface area contributed by atoms with Gasteiger partial charge in [0.1, 0.15) is 0 Å². The van der Waals surface area contributed by atoms with E-state index in [0.29, 0.717) is 11.1 Å². The molecule has 0 saturated carbocycles. The van der Waals surface area contributed by atoms with Gasteiger partial charge in [0, 0.05) is 17.6 Å². The molecule has 5 nitrogen and oxygen atoms in total. The van der Waals surface area contributed by atoms with Crippen molar-refractivity contribution < 1.29 is 8.42 Å². The minimum Gasteiger partial charge on any atom is -0.297 e. The van der Waals surface area contributed by atoms with Gasteiger partial charge in [0.15, 0.2) is 0 Å². The number of hydrogen-bond donors (Lipinski definition) is 1. The summed E-state index contributed by atoms with van der Waals surface area (Å²) in [4.78, 5) is 12.9. The molecule has 0 atom stereocenters. The highest BCUT2D eigenvalue weighted by Crippen LogP contribution is 2.23. The van der Waals surface area contributed by atoms with Crippen LogP contribution in [0.3, 0.4) is 0 Å². The topological polar surface area (TPSA) is 68.2 Å². The number of thioether (sulfide) groups is 1. The lowest BCUT2D eigenvalue weighted by molar-refractivity contribution is 0.601. The monoisotopic (exact) mass is 366 g/mol. The maximum atomic E-state index is 12.5. The van der Waals surface area contributed by atoms with Crippen molar-refractivity contribution in [3.8, 4) is 0 Å². The summed E-state index contributed by atoms with van der Waals surface area (Å²) in [5.74, 6) is 0. The number of nitrogens with zero attached hydrogens (tertiary/aromatic N) is 1. The molecular weight excluding hydrogens is 352 g/mol. The first kappa shape index (κ1) is 16.1. The van der Waals surface area contributed by atoms with Crippen molar-refractivity contribution >= 4 is 49.9 Å². The van der Waals surface area contributed by atoms with Gasteiger partial charge in [-0.05, 0) is 54.2 Å². The van der Waals surface area contributed by atoms with E-state index in [2.05, 4.69) is 4.72 Å². The maximum absolute atomic E-state index is 12.5. The highest BCUT2D eigenvalue weighted by Gasteiger charge is 2.17. The van der Waals surface area contributed by atoms with Crippen molar-refractivity contribution in [3.05, 3.63) is 52.0 Å². The van der Waals surface area contributed by atoms with Gasteiger partial charge >= 0.3 is 0 Å². The molecule has 120 valence electrons. The number of benzene rings is 2. The van der Waals surface area contributed by atoms with E-state index >= 15 is 0 Å². The molecular formula is C15H14N2O3S3. The maximum Gasteiger partial charge on any atom is 0.261 e. The smallest absolute Gasteiger partial charge is 0.261 e. The number of fused-ring (bicyclic) bond motifs is 1. The Hall–Kier alpha value is -1.77. The molecule has 0 aliphatic carbocycles. The Morgan fingerprint density at radius 3 is 2.70 bits per heavy atom. The van der Waals surface area contributed by atoms with Crippen LogP contribution in [-0.2, 0) is 17.1 Å². The second kappa shape index (κ2) is 6.03. The molecule has 1 N–H and O–H groups in total. The zero-order chi connectivity index (χ0) is 16.6. The standard InChI is InChI=1S/C15H14N2O3S3/c1-17-14-7-6-12(9-13(14)15(18)22-17)23(19,20)16-10-4-3-5-11(8-10)21-2/h3-9,16H,1-2H3. The third-order valence-electron chi connectivity index (χ3n) is 3.38. The first-order valence-electron chi connectivity index (χ1n) is 6.67. The van der Waals surface area contributed by atoms with Crippen LogP contribution < -0.4 is 9.46 Å². The Kier molecular flexibility index (Phi) is 4.22. The van der Waals surface area contributed by atoms with Crippen molar-refractivity contribution in [1.29, 1.82) is 0 Å². The van der Waals surface area contributed by atoms with Gasteiger partial charge in [0.2, 0.25) is 0 Å². The average Bonchev–Trinajstić information content (AvgIpc) is 2.81. The van der Waals surface area contributed by atoms with Gasteiger partial charge in [-0.3, -0.25) is 13.5 Å². The first-order chi connectivity index (χ1) is 10.9. The molecule has 0 spiro atoms. The Balaban J connectivity index is 2.02. The molecule has 1 aromatic heterocycles. The van der Waals surface area contributed by atoms with Gasteiger partial charge in [0.25, 0.3) is 14.8 Å². The molecule has 0 bridgehead atoms. The average molecular weight is 366 g/mol. The highest BCUT2D eigenvalue weighted by atomic mass is 32.2. The summed E-state index contributed by atoms with van der Waals surface area (Å²) < 4.78 is 29.2. The van der Waals surface area contributed by atoms with E-state index < -0.39 is 10.0 Å². The van der Waals surface area contributed by atoms with E-state index in [4.69, 9.17) is 0 Å². The highest BCUT2D eigenvalue weighted by molar-refractivity contribution is 7.98. The molecule has 0 radical (unpaired) electrons. The van der Waals surface area contributed by atoms with Crippen molar-refractivity contribution in [2.45, 2.75) is 9.79 Å². The first-order valence-corrected chi connectivity index (χ1v) is 10.2. The number of sulfonamides is 1. The lowest BCUT2D eigenvalue weighted by Crippen LogP contribution is -2.13. The molecule has 0 saturated heterocycles. The molecule has 2 aromatic carbocycles. The quantitative estimate of drug-likeness (QED) is 0.721. The molecule has 3 rings (SSSR count). The Bertz CT molecular complexity index is 1040. The SMILES string of the molecule is CSc1cccc(NS(=O)(=O)c2ccc3c(c2)c(=O)sn3C)c1. The second-order valence-corrected chi connectivity index (χ2v) is 8.56. The van der Waals surface area contributed by atoms with Crippen molar-refractivity contribution in [2.24, 2.45) is 7.05 Å². The van der Waals surface area contributed by atoms with Crippen molar-refractivity contribution in [2.75, 3.05) is 11.0 Å². The van der Waals surface area contributed by atoms with Crippen LogP contribution in [0.1, 0.15) is 0 Å². The summed E-state index contributed by atoms with van der Waals surface area (Å²) in [6.45, 7) is 0. The van der Waals surface area contributed by atoms with E-state index in [9.17, 15) is 13.2 Å². The molecule has 0 aliphatic rings. The van der Waals surface area contributed by atoms with E-state index in [1.807, 2.05) is 12.3 Å². The lowest BCUT2D eigenvalue weighted by atomic mass is 10.2. The van der Waals surface area contributed by atoms with Crippen LogP contribution in [-0.4, -0.2) is 18.6 Å². The van der Waals surface area contributed by atoms with Crippen LogP contribution in [0.4, 0.5) is 5.69 Å². The summed E-state index contributed by atoms with van der Waals surface area (Å²) in [6.07, 6.45) is 1.92. The number of hydrogen-bond acceptors (Lipinski definition) is 5. The van der Waals surface area contributed by atoms with E-state index in [-0.39, 0.29) is 9.64 Å². The van der Waals surface area contributed by atoms with Crippen LogP contribution in [0, 0.1) is 0 Å². The Labute approximate surface area is 142 Å². The number of rotatable bonds is 4. The van der Waals surface area contributed by atoms with Crippen LogP contribution >= 0.6 is 23.3 Å². The largest absolute Gasteiger partial charge is 0.297 e. The van der Waals surface area contributed by atoms with Crippen LogP contribution in [0.5, 0.6) is 0 Å². The predicted octanol–water partition coefficient (Wildman–Crippen LogP) is 3.12. The fraction of sp³-hybridized carbons (Fsp3) is 0.133. The molecule has 0 unspecified atom stereocenters. The fourth-order valence-electron chi connectivity index (χ4n) is 2.24. The molecule has 0 amide bonds. The van der Waals surface area contributed by atoms with Crippen LogP contribution in [0.25, 0.3) is 10.9 Å². The van der Waals surface area contributed by atoms with Gasteiger partial charge in [-0.15, -0.1) is 11.8 Å². The van der Waals surface area contributed by atoms with E-state index in [1.54, 1.807) is 35.3 Å². The van der Waals surface area contributed by atoms with E-state index in [0.717, 1.165) is 21.9 Å². The molecule has 23 heavy (non-hydrogen) atoms. The summed E-state index contributed by atoms with van der Waals surface area (Å²) in [6, 6.07) is 11.7. The van der Waals surface area contributed by atoms with Gasteiger partial charge in [-0.25, -0.2) is 8.42 Å². The van der Waals surface area contributed by atoms with Gasteiger partial charge in [0.05, 0.1) is 15.8 Å². The van der Waals surface area contributed by atoms with Crippen molar-refractivity contribution in [1.82, 2.24) is 3.96 Å². The summed E-state index contributed by atoms with van der Waals surface area (Å²) in [7, 11) is -1.97. The van der Waals surface area contributed by atoms with E-state index in [1.165, 1.54) is 23.9 Å². The minimum absolute atomic E-state index is 0.0788. The normalized spacial score (nSPS) is 11.7. The summed E-state index contributed by atoms with van der Waals surface area (Å²) in [5, 5.41) is 0.415. The number of anilines is 1. The molecule has 0 fully saturated rings. The zero-order valence-electron chi connectivity index (χ0n) is 12.4. The number of aryl methyl sites for hydroxylation is 1. The second-order valence-electron chi connectivity index (χ2n) is 4.89. The number of nitrogens with one attached hydrogen (secondary N) is 1. The van der Waals surface area contributed by atoms with Crippen molar-refractivity contribution in [3.63, 3.8) is 0 Å². The van der Waals surface area contributed by atoms with Gasteiger partial charge in [-0.2, -0.15) is 0 Å². The van der Waals surface area contributed by atoms with Gasteiger partial charge in [-0.1, -0.05) is 6.07 Å². The lowest BCUT2D eigenvalue weighted by Gasteiger charge is -2.09. The fourth-order valence-corrected chi connectivity index (χ4v) is 4.55. The molecule has 3 aromatic rings. The number of aromatic nitrogens is 1.